The fraction of sp³-hybridized carbons (Fsp3) is 0.409. The molecule has 162 valence electrons. The second-order valence-corrected chi connectivity index (χ2v) is 8.97. The van der Waals surface area contributed by atoms with Gasteiger partial charge in [-0.05, 0) is 55.4 Å². The van der Waals surface area contributed by atoms with Crippen LogP contribution in [-0.2, 0) is 16.0 Å². The van der Waals surface area contributed by atoms with Crippen LogP contribution in [0.25, 0.3) is 11.1 Å². The summed E-state index contributed by atoms with van der Waals surface area (Å²) < 4.78 is 11.5. The van der Waals surface area contributed by atoms with Gasteiger partial charge in [0.2, 0.25) is 0 Å². The minimum Gasteiger partial charge on any atom is -0.423 e. The summed E-state index contributed by atoms with van der Waals surface area (Å²) in [6.45, 7) is 3.08. The molecule has 1 aromatic carbocycles. The molecule has 0 saturated carbocycles. The highest BCUT2D eigenvalue weighted by molar-refractivity contribution is 6.35. The molecule has 4 heterocycles. The van der Waals surface area contributed by atoms with Crippen LogP contribution in [0.4, 0.5) is 6.01 Å². The Labute approximate surface area is 189 Å². The van der Waals surface area contributed by atoms with Gasteiger partial charge in [0.15, 0.2) is 5.58 Å². The zero-order chi connectivity index (χ0) is 21.7. The van der Waals surface area contributed by atoms with E-state index in [0.717, 1.165) is 23.1 Å². The van der Waals surface area contributed by atoms with Crippen molar-refractivity contribution in [2.75, 3.05) is 18.9 Å². The van der Waals surface area contributed by atoms with Gasteiger partial charge in [-0.1, -0.05) is 23.2 Å². The van der Waals surface area contributed by atoms with E-state index in [-0.39, 0.29) is 23.9 Å². The first-order valence-electron chi connectivity index (χ1n) is 10.3. The van der Waals surface area contributed by atoms with E-state index in [1.54, 1.807) is 18.5 Å². The Morgan fingerprint density at radius 3 is 2.97 bits per heavy atom. The van der Waals surface area contributed by atoms with Crippen molar-refractivity contribution in [3.05, 3.63) is 51.3 Å². The summed E-state index contributed by atoms with van der Waals surface area (Å²) in [5.41, 5.74) is 9.96. The molecule has 2 aliphatic heterocycles. The van der Waals surface area contributed by atoms with E-state index in [1.807, 2.05) is 17.9 Å². The van der Waals surface area contributed by atoms with Crippen LogP contribution < -0.4 is 5.73 Å². The first kappa shape index (κ1) is 20.5. The second kappa shape index (κ2) is 7.97. The van der Waals surface area contributed by atoms with E-state index in [4.69, 9.17) is 38.1 Å². The smallest absolute Gasteiger partial charge is 0.293 e. The lowest BCUT2D eigenvalue weighted by atomic mass is 9.87. The quantitative estimate of drug-likeness (QED) is 0.603. The molecular formula is C22H22Cl2N4O3. The largest absolute Gasteiger partial charge is 0.423 e. The molecular weight excluding hydrogens is 439 g/mol. The molecule has 0 unspecified atom stereocenters. The van der Waals surface area contributed by atoms with Crippen molar-refractivity contribution in [3.63, 3.8) is 0 Å². The topological polar surface area (TPSA) is 94.5 Å². The molecule has 2 aromatic heterocycles. The summed E-state index contributed by atoms with van der Waals surface area (Å²) in [6, 6.07) is 3.63. The van der Waals surface area contributed by atoms with E-state index in [9.17, 15) is 4.79 Å². The van der Waals surface area contributed by atoms with Crippen LogP contribution >= 0.6 is 23.2 Å². The third-order valence-corrected chi connectivity index (χ3v) is 6.84. The number of anilines is 1. The highest BCUT2D eigenvalue weighted by atomic mass is 35.5. The molecule has 0 spiro atoms. The average Bonchev–Trinajstić information content (AvgIpc) is 3.13. The highest BCUT2D eigenvalue weighted by Gasteiger charge is 2.37. The van der Waals surface area contributed by atoms with Crippen LogP contribution in [0.1, 0.15) is 48.4 Å². The monoisotopic (exact) mass is 460 g/mol. The number of oxazole rings is 1. The Balaban J connectivity index is 1.38. The number of nitrogens with zero attached hydrogens (tertiary/aromatic N) is 3. The summed E-state index contributed by atoms with van der Waals surface area (Å²) in [4.78, 5) is 23.8. The predicted molar refractivity (Wildman–Crippen MR) is 118 cm³/mol. The van der Waals surface area contributed by atoms with E-state index < -0.39 is 6.10 Å². The second-order valence-electron chi connectivity index (χ2n) is 8.13. The number of pyridine rings is 1. The lowest BCUT2D eigenvalue weighted by Crippen LogP contribution is -2.47. The standard InChI is InChI=1S/C22H22Cl2N4O3/c1-11-19-13(6-14(23)8-16(19)24)2-4-28(11)21(29)18-7-12(3-5-30-18)15-9-26-10-17-20(15)31-22(25)27-17/h6,8-12,18H,2-5,7H2,1H3,(H2,25,27)/t11-,12+,18+/m0/s1. The fourth-order valence-electron chi connectivity index (χ4n) is 4.82. The Hall–Kier alpha value is -2.35. The SMILES string of the molecule is C[C@H]1c2c(Cl)cc(Cl)cc2CCN1C(=O)[C@H]1C[C@H](c2cncc3nc(N)oc23)CCO1. The van der Waals surface area contributed by atoms with Gasteiger partial charge in [0.25, 0.3) is 11.9 Å². The van der Waals surface area contributed by atoms with Crippen LogP contribution in [0.15, 0.2) is 28.9 Å². The zero-order valence-electron chi connectivity index (χ0n) is 17.0. The number of aromatic nitrogens is 2. The lowest BCUT2D eigenvalue weighted by Gasteiger charge is -2.39. The number of benzene rings is 1. The van der Waals surface area contributed by atoms with Gasteiger partial charge in [-0.15, -0.1) is 0 Å². The van der Waals surface area contributed by atoms with Crippen molar-refractivity contribution in [1.82, 2.24) is 14.9 Å². The number of halogens is 2. The molecule has 7 nitrogen and oxygen atoms in total. The Morgan fingerprint density at radius 1 is 1.29 bits per heavy atom. The molecule has 31 heavy (non-hydrogen) atoms. The molecule has 1 fully saturated rings. The Kier molecular flexibility index (Phi) is 5.28. The summed E-state index contributed by atoms with van der Waals surface area (Å²) in [5, 5.41) is 1.21. The molecule has 5 rings (SSSR count). The summed E-state index contributed by atoms with van der Waals surface area (Å²) >= 11 is 12.6. The lowest BCUT2D eigenvalue weighted by molar-refractivity contribution is -0.149. The third kappa shape index (κ3) is 3.64. The van der Waals surface area contributed by atoms with E-state index >= 15 is 0 Å². The van der Waals surface area contributed by atoms with Crippen molar-refractivity contribution < 1.29 is 13.9 Å². The van der Waals surface area contributed by atoms with Gasteiger partial charge in [0.05, 0.1) is 12.2 Å². The van der Waals surface area contributed by atoms with Gasteiger partial charge < -0.3 is 19.8 Å². The average molecular weight is 461 g/mol. The van der Waals surface area contributed by atoms with Gasteiger partial charge >= 0.3 is 0 Å². The van der Waals surface area contributed by atoms with Crippen LogP contribution in [0.3, 0.4) is 0 Å². The molecule has 2 N–H and O–H groups in total. The van der Waals surface area contributed by atoms with E-state index in [1.165, 1.54) is 0 Å². The molecule has 0 aliphatic carbocycles. The van der Waals surface area contributed by atoms with Gasteiger partial charge in [-0.2, -0.15) is 4.98 Å². The fourth-order valence-corrected chi connectivity index (χ4v) is 5.52. The Bertz CT molecular complexity index is 1170. The molecule has 3 atom stereocenters. The van der Waals surface area contributed by atoms with Gasteiger partial charge in [0.1, 0.15) is 11.6 Å². The maximum Gasteiger partial charge on any atom is 0.293 e. The third-order valence-electron chi connectivity index (χ3n) is 6.31. The number of nitrogens with two attached hydrogens (primary N) is 1. The first-order chi connectivity index (χ1) is 14.9. The normalized spacial score (nSPS) is 23.7. The molecule has 9 heteroatoms. The van der Waals surface area contributed by atoms with Crippen LogP contribution in [-0.4, -0.2) is 40.0 Å². The summed E-state index contributed by atoms with van der Waals surface area (Å²) in [7, 11) is 0. The van der Waals surface area contributed by atoms with Crippen molar-refractivity contribution in [1.29, 1.82) is 0 Å². The van der Waals surface area contributed by atoms with Gasteiger partial charge in [-0.3, -0.25) is 9.78 Å². The number of hydrogen-bond acceptors (Lipinski definition) is 6. The molecule has 1 saturated heterocycles. The number of ether oxygens (including phenoxy) is 1. The number of hydrogen-bond donors (Lipinski definition) is 1. The molecule has 0 bridgehead atoms. The van der Waals surface area contributed by atoms with Crippen molar-refractivity contribution in [3.8, 4) is 0 Å². The summed E-state index contributed by atoms with van der Waals surface area (Å²) in [6.07, 6.45) is 4.89. The molecule has 2 aliphatic rings. The number of fused-ring (bicyclic) bond motifs is 2. The molecule has 3 aromatic rings. The maximum absolute atomic E-state index is 13.5. The van der Waals surface area contributed by atoms with E-state index in [0.29, 0.717) is 47.1 Å². The van der Waals surface area contributed by atoms with Crippen LogP contribution in [0.5, 0.6) is 0 Å². The van der Waals surface area contributed by atoms with Crippen molar-refractivity contribution >= 4 is 46.2 Å². The predicted octanol–water partition coefficient (Wildman–Crippen LogP) is 4.52. The summed E-state index contributed by atoms with van der Waals surface area (Å²) in [5.74, 6) is 0.0483. The number of amides is 1. The van der Waals surface area contributed by atoms with Gasteiger partial charge in [0, 0.05) is 35.0 Å². The minimum absolute atomic E-state index is 0.0221. The number of rotatable bonds is 2. The van der Waals surface area contributed by atoms with Crippen LogP contribution in [0.2, 0.25) is 10.0 Å². The van der Waals surface area contributed by atoms with Crippen molar-refractivity contribution in [2.24, 2.45) is 0 Å². The zero-order valence-corrected chi connectivity index (χ0v) is 18.5. The molecule has 0 radical (unpaired) electrons. The first-order valence-corrected chi connectivity index (χ1v) is 11.1. The Morgan fingerprint density at radius 2 is 2.13 bits per heavy atom. The highest BCUT2D eigenvalue weighted by Crippen LogP contribution is 2.39. The number of carbonyl (C=O) groups excluding carboxylic acids is 1. The van der Waals surface area contributed by atoms with Crippen LogP contribution in [0, 0.1) is 0 Å². The molecule has 1 amide bonds. The maximum atomic E-state index is 13.5. The number of carbonyl (C=O) groups is 1. The number of nitrogen functional groups attached to an aromatic ring is 1. The minimum atomic E-state index is -0.538. The van der Waals surface area contributed by atoms with E-state index in [2.05, 4.69) is 9.97 Å². The van der Waals surface area contributed by atoms with Crippen molar-refractivity contribution in [2.45, 2.75) is 44.2 Å². The van der Waals surface area contributed by atoms with Gasteiger partial charge in [-0.25, -0.2) is 0 Å².